The summed E-state index contributed by atoms with van der Waals surface area (Å²) in [5.41, 5.74) is 6.06. The fraction of sp³-hybridized carbons (Fsp3) is 0.167. The number of nitrogens with two attached hydrogens (primary N) is 1. The van der Waals surface area contributed by atoms with Crippen LogP contribution in [0.25, 0.3) is 0 Å². The number of benzene rings is 1. The normalized spacial score (nSPS) is 10.5. The molecule has 0 aliphatic carbocycles. The maximum absolute atomic E-state index is 12.8. The first-order valence-corrected chi connectivity index (χ1v) is 6.30. The molecule has 2 aromatic rings. The fourth-order valence-electron chi connectivity index (χ4n) is 1.48. The summed E-state index contributed by atoms with van der Waals surface area (Å²) < 4.78 is 14.7. The van der Waals surface area contributed by atoms with Gasteiger partial charge in [0.25, 0.3) is 0 Å². The van der Waals surface area contributed by atoms with Crippen molar-refractivity contribution in [1.29, 1.82) is 0 Å². The lowest BCUT2D eigenvalue weighted by atomic mass is 10.2. The molecule has 0 bridgehead atoms. The molecule has 6 heteroatoms. The van der Waals surface area contributed by atoms with Crippen LogP contribution in [0.1, 0.15) is 5.56 Å². The molecule has 4 nitrogen and oxygen atoms in total. The molecule has 0 radical (unpaired) electrons. The van der Waals surface area contributed by atoms with E-state index in [0.717, 1.165) is 10.7 Å². The Balaban J connectivity index is 2.07. The van der Waals surface area contributed by atoms with Gasteiger partial charge in [-0.2, -0.15) is 0 Å². The predicted octanol–water partition coefficient (Wildman–Crippen LogP) is 1.65. The van der Waals surface area contributed by atoms with Crippen molar-refractivity contribution in [2.75, 3.05) is 5.75 Å². The van der Waals surface area contributed by atoms with Crippen molar-refractivity contribution >= 4 is 17.7 Å². The molecule has 94 valence electrons. The van der Waals surface area contributed by atoms with Crippen molar-refractivity contribution in [1.82, 2.24) is 9.55 Å². The van der Waals surface area contributed by atoms with Crippen LogP contribution < -0.4 is 5.73 Å². The van der Waals surface area contributed by atoms with E-state index < -0.39 is 0 Å². The molecule has 1 aromatic heterocycles. The lowest BCUT2D eigenvalue weighted by Gasteiger charge is -2.06. The topological polar surface area (TPSA) is 60.9 Å². The monoisotopic (exact) mass is 265 g/mol. The fourth-order valence-corrected chi connectivity index (χ4v) is 2.18. The molecule has 1 amide bonds. The van der Waals surface area contributed by atoms with Crippen molar-refractivity contribution < 1.29 is 9.18 Å². The SMILES string of the molecule is NC(=O)CSc1nccn1Cc1ccc(F)cc1. The molecule has 0 saturated carbocycles. The molecule has 0 fully saturated rings. The third kappa shape index (κ3) is 3.33. The molecule has 0 aliphatic rings. The highest BCUT2D eigenvalue weighted by molar-refractivity contribution is 7.99. The minimum absolute atomic E-state index is 0.195. The van der Waals surface area contributed by atoms with E-state index in [1.54, 1.807) is 18.3 Å². The van der Waals surface area contributed by atoms with E-state index in [-0.39, 0.29) is 17.5 Å². The minimum Gasteiger partial charge on any atom is -0.369 e. The molecular formula is C12H12FN3OS. The zero-order valence-corrected chi connectivity index (χ0v) is 10.4. The van der Waals surface area contributed by atoms with Crippen LogP contribution in [0.4, 0.5) is 4.39 Å². The number of primary amides is 1. The largest absolute Gasteiger partial charge is 0.369 e. The lowest BCUT2D eigenvalue weighted by Crippen LogP contribution is -2.13. The van der Waals surface area contributed by atoms with Crippen LogP contribution in [0.5, 0.6) is 0 Å². The van der Waals surface area contributed by atoms with Crippen LogP contribution in [0.2, 0.25) is 0 Å². The highest BCUT2D eigenvalue weighted by Crippen LogP contribution is 2.16. The van der Waals surface area contributed by atoms with Crippen molar-refractivity contribution in [2.45, 2.75) is 11.7 Å². The van der Waals surface area contributed by atoms with Gasteiger partial charge in [-0.05, 0) is 17.7 Å². The van der Waals surface area contributed by atoms with Crippen LogP contribution in [0, 0.1) is 5.82 Å². The molecule has 0 aliphatic heterocycles. The summed E-state index contributed by atoms with van der Waals surface area (Å²) in [6, 6.07) is 6.28. The Labute approximate surface area is 108 Å². The summed E-state index contributed by atoms with van der Waals surface area (Å²) in [6.07, 6.45) is 3.47. The summed E-state index contributed by atoms with van der Waals surface area (Å²) in [7, 11) is 0. The molecule has 18 heavy (non-hydrogen) atoms. The Kier molecular flexibility index (Phi) is 3.99. The van der Waals surface area contributed by atoms with E-state index in [1.165, 1.54) is 23.9 Å². The van der Waals surface area contributed by atoms with E-state index in [0.29, 0.717) is 6.54 Å². The molecule has 2 rings (SSSR count). The predicted molar refractivity (Wildman–Crippen MR) is 67.6 cm³/mol. The Morgan fingerprint density at radius 2 is 2.11 bits per heavy atom. The van der Waals surface area contributed by atoms with Crippen molar-refractivity contribution in [3.8, 4) is 0 Å². The van der Waals surface area contributed by atoms with Crippen LogP contribution in [0.3, 0.4) is 0 Å². The third-order valence-electron chi connectivity index (χ3n) is 2.29. The second-order valence-corrected chi connectivity index (χ2v) is 4.66. The van der Waals surface area contributed by atoms with Crippen molar-refractivity contribution in [2.24, 2.45) is 5.73 Å². The number of rotatable bonds is 5. The third-order valence-corrected chi connectivity index (χ3v) is 3.31. The molecule has 0 unspecified atom stereocenters. The number of carbonyl (C=O) groups excluding carboxylic acids is 1. The second-order valence-electron chi connectivity index (χ2n) is 3.72. The second kappa shape index (κ2) is 5.68. The Morgan fingerprint density at radius 3 is 2.78 bits per heavy atom. The van der Waals surface area contributed by atoms with Crippen molar-refractivity contribution in [3.05, 3.63) is 48.0 Å². The molecular weight excluding hydrogens is 253 g/mol. The number of amides is 1. The van der Waals surface area contributed by atoms with Gasteiger partial charge >= 0.3 is 0 Å². The Bertz CT molecular complexity index is 539. The number of hydrogen-bond donors (Lipinski definition) is 1. The van der Waals surface area contributed by atoms with Gasteiger partial charge in [0.15, 0.2) is 5.16 Å². The smallest absolute Gasteiger partial charge is 0.227 e. The molecule has 2 N–H and O–H groups in total. The number of carbonyl (C=O) groups is 1. The van der Waals surface area contributed by atoms with Gasteiger partial charge in [0.2, 0.25) is 5.91 Å². The van der Waals surface area contributed by atoms with Gasteiger partial charge in [0.1, 0.15) is 5.82 Å². The number of aromatic nitrogens is 2. The van der Waals surface area contributed by atoms with Crippen LogP contribution in [-0.4, -0.2) is 21.2 Å². The number of nitrogens with zero attached hydrogens (tertiary/aromatic N) is 2. The summed E-state index contributed by atoms with van der Waals surface area (Å²) in [5, 5.41) is 0.720. The Hall–Kier alpha value is -1.82. The summed E-state index contributed by atoms with van der Waals surface area (Å²) >= 11 is 1.29. The quantitative estimate of drug-likeness (QED) is 0.836. The van der Waals surface area contributed by atoms with Gasteiger partial charge < -0.3 is 10.3 Å². The van der Waals surface area contributed by atoms with Gasteiger partial charge in [0, 0.05) is 18.9 Å². The first-order valence-electron chi connectivity index (χ1n) is 5.32. The Morgan fingerprint density at radius 1 is 1.39 bits per heavy atom. The minimum atomic E-state index is -0.378. The van der Waals surface area contributed by atoms with E-state index in [4.69, 9.17) is 5.73 Å². The number of halogens is 1. The number of thioether (sulfide) groups is 1. The van der Waals surface area contributed by atoms with Gasteiger partial charge in [0.05, 0.1) is 5.75 Å². The zero-order valence-electron chi connectivity index (χ0n) is 9.54. The molecule has 0 atom stereocenters. The standard InChI is InChI=1S/C12H12FN3OS/c13-10-3-1-9(2-4-10)7-16-6-5-15-12(16)18-8-11(14)17/h1-6H,7-8H2,(H2,14,17). The molecule has 1 aromatic carbocycles. The van der Waals surface area contributed by atoms with E-state index >= 15 is 0 Å². The summed E-state index contributed by atoms with van der Waals surface area (Å²) in [5.74, 6) is -0.440. The first kappa shape index (κ1) is 12.6. The molecule has 0 saturated heterocycles. The first-order chi connectivity index (χ1) is 8.65. The number of imidazole rings is 1. The van der Waals surface area contributed by atoms with Crippen LogP contribution >= 0.6 is 11.8 Å². The molecule has 0 spiro atoms. The average Bonchev–Trinajstić information content (AvgIpc) is 2.77. The van der Waals surface area contributed by atoms with Gasteiger partial charge in [-0.15, -0.1) is 0 Å². The van der Waals surface area contributed by atoms with E-state index in [9.17, 15) is 9.18 Å². The lowest BCUT2D eigenvalue weighted by molar-refractivity contribution is -0.115. The maximum Gasteiger partial charge on any atom is 0.227 e. The summed E-state index contributed by atoms with van der Waals surface area (Å²) in [4.78, 5) is 14.9. The van der Waals surface area contributed by atoms with Gasteiger partial charge in [-0.1, -0.05) is 23.9 Å². The van der Waals surface area contributed by atoms with E-state index in [2.05, 4.69) is 4.98 Å². The number of hydrogen-bond acceptors (Lipinski definition) is 3. The van der Waals surface area contributed by atoms with Gasteiger partial charge in [-0.3, -0.25) is 4.79 Å². The maximum atomic E-state index is 12.8. The van der Waals surface area contributed by atoms with Crippen LogP contribution in [0.15, 0.2) is 41.8 Å². The zero-order chi connectivity index (χ0) is 13.0. The highest BCUT2D eigenvalue weighted by Gasteiger charge is 2.06. The average molecular weight is 265 g/mol. The summed E-state index contributed by atoms with van der Waals surface area (Å²) in [6.45, 7) is 0.585. The van der Waals surface area contributed by atoms with Crippen molar-refractivity contribution in [3.63, 3.8) is 0 Å². The van der Waals surface area contributed by atoms with E-state index in [1.807, 2.05) is 10.8 Å². The highest BCUT2D eigenvalue weighted by atomic mass is 32.2. The molecule has 1 heterocycles. The van der Waals surface area contributed by atoms with Crippen LogP contribution in [-0.2, 0) is 11.3 Å². The van der Waals surface area contributed by atoms with Gasteiger partial charge in [-0.25, -0.2) is 9.37 Å².